The maximum Gasteiger partial charge on any atom is 0.471 e. The normalized spacial score (nSPS) is 20.0. The van der Waals surface area contributed by atoms with Crippen LogP contribution in [-0.4, -0.2) is 42.0 Å². The molecule has 9 heteroatoms. The Morgan fingerprint density at radius 3 is 2.68 bits per heavy atom. The molecule has 1 amide bonds. The Labute approximate surface area is 164 Å². The number of carbonyl (C=O) groups excluding carboxylic acids is 2. The molecule has 0 saturated carbocycles. The Balaban J connectivity index is 1.70. The number of nitrogens with one attached hydrogen (secondary N) is 2. The van der Waals surface area contributed by atoms with E-state index in [1.807, 2.05) is 42.6 Å². The van der Waals surface area contributed by atoms with E-state index in [2.05, 4.69) is 10.3 Å². The molecule has 1 aromatic carbocycles. The van der Waals surface area contributed by atoms with Gasteiger partial charge in [-0.1, -0.05) is 30.3 Å². The van der Waals surface area contributed by atoms with Crippen LogP contribution in [0, 0.1) is 12.8 Å². The van der Waals surface area contributed by atoms with Crippen LogP contribution in [-0.2, 0) is 4.79 Å². The SMILES string of the molecule is Cc1nc(C(=O)C2CCNC(CNC(=O)C(F)(F)F)C2)c(-c2ccccc2)s1. The van der Waals surface area contributed by atoms with Gasteiger partial charge in [0.2, 0.25) is 0 Å². The number of aromatic nitrogens is 1. The highest BCUT2D eigenvalue weighted by molar-refractivity contribution is 7.15. The van der Waals surface area contributed by atoms with Crippen molar-refractivity contribution in [3.8, 4) is 10.4 Å². The molecule has 1 fully saturated rings. The van der Waals surface area contributed by atoms with E-state index < -0.39 is 18.1 Å². The average Bonchev–Trinajstić information content (AvgIpc) is 3.07. The van der Waals surface area contributed by atoms with Gasteiger partial charge >= 0.3 is 12.1 Å². The number of Topliss-reactive ketones (excluding diaryl/α,β-unsaturated/α-hetero) is 1. The van der Waals surface area contributed by atoms with Crippen molar-refractivity contribution in [3.63, 3.8) is 0 Å². The highest BCUT2D eigenvalue weighted by atomic mass is 32.1. The van der Waals surface area contributed by atoms with Gasteiger partial charge < -0.3 is 10.6 Å². The van der Waals surface area contributed by atoms with Crippen LogP contribution in [0.3, 0.4) is 0 Å². The Morgan fingerprint density at radius 1 is 1.29 bits per heavy atom. The second-order valence-corrected chi connectivity index (χ2v) is 7.92. The summed E-state index contributed by atoms with van der Waals surface area (Å²) in [5.41, 5.74) is 1.33. The van der Waals surface area contributed by atoms with Gasteiger partial charge in [-0.3, -0.25) is 9.59 Å². The number of hydrogen-bond donors (Lipinski definition) is 2. The topological polar surface area (TPSA) is 71.1 Å². The molecule has 2 atom stereocenters. The van der Waals surface area contributed by atoms with Crippen molar-refractivity contribution in [2.75, 3.05) is 13.1 Å². The second-order valence-electron chi connectivity index (χ2n) is 6.72. The molecule has 2 aromatic rings. The molecule has 1 aliphatic rings. The van der Waals surface area contributed by atoms with Crippen LogP contribution >= 0.6 is 11.3 Å². The van der Waals surface area contributed by atoms with Crippen LogP contribution in [0.1, 0.15) is 28.3 Å². The second kappa shape index (κ2) is 8.40. The molecule has 2 heterocycles. The quantitative estimate of drug-likeness (QED) is 0.741. The lowest BCUT2D eigenvalue weighted by molar-refractivity contribution is -0.173. The number of hydrogen-bond acceptors (Lipinski definition) is 5. The first kappa shape index (κ1) is 20.5. The van der Waals surface area contributed by atoms with Crippen LogP contribution < -0.4 is 10.6 Å². The summed E-state index contributed by atoms with van der Waals surface area (Å²) in [7, 11) is 0. The molecule has 28 heavy (non-hydrogen) atoms. The number of benzene rings is 1. The van der Waals surface area contributed by atoms with E-state index in [1.165, 1.54) is 11.3 Å². The van der Waals surface area contributed by atoms with Crippen LogP contribution in [0.25, 0.3) is 10.4 Å². The maximum absolute atomic E-state index is 13.1. The molecule has 3 rings (SSSR count). The average molecular weight is 411 g/mol. The molecular weight excluding hydrogens is 391 g/mol. The molecule has 1 saturated heterocycles. The molecule has 150 valence electrons. The third-order valence-electron chi connectivity index (χ3n) is 4.64. The van der Waals surface area contributed by atoms with Crippen LogP contribution in [0.4, 0.5) is 13.2 Å². The van der Waals surface area contributed by atoms with Gasteiger partial charge in [-0.2, -0.15) is 13.2 Å². The molecule has 0 radical (unpaired) electrons. The first-order valence-electron chi connectivity index (χ1n) is 8.91. The molecule has 0 aliphatic carbocycles. The first-order valence-corrected chi connectivity index (χ1v) is 9.73. The zero-order chi connectivity index (χ0) is 20.3. The highest BCUT2D eigenvalue weighted by Gasteiger charge is 2.39. The summed E-state index contributed by atoms with van der Waals surface area (Å²) in [6.45, 7) is 2.16. The lowest BCUT2D eigenvalue weighted by Gasteiger charge is -2.29. The number of aryl methyl sites for hydroxylation is 1. The van der Waals surface area contributed by atoms with Crippen molar-refractivity contribution < 1.29 is 22.8 Å². The Morgan fingerprint density at radius 2 is 2.00 bits per heavy atom. The van der Waals surface area contributed by atoms with Crippen LogP contribution in [0.15, 0.2) is 30.3 Å². The zero-order valence-corrected chi connectivity index (χ0v) is 16.0. The molecule has 5 nitrogen and oxygen atoms in total. The smallest absolute Gasteiger partial charge is 0.347 e. The number of halogens is 3. The Kier molecular flexibility index (Phi) is 6.14. The van der Waals surface area contributed by atoms with Crippen LogP contribution in [0.2, 0.25) is 0 Å². The van der Waals surface area contributed by atoms with Gasteiger partial charge in [0.15, 0.2) is 5.78 Å². The van der Waals surface area contributed by atoms with E-state index in [1.54, 1.807) is 0 Å². The standard InChI is InChI=1S/C19H20F3N3O2S/c1-11-25-15(17(28-11)12-5-3-2-4-6-12)16(26)13-7-8-23-14(9-13)10-24-18(27)19(20,21)22/h2-6,13-14,23H,7-10H2,1H3,(H,24,27). The Bertz CT molecular complexity index is 852. The lowest BCUT2D eigenvalue weighted by Crippen LogP contribution is -2.49. The number of ketones is 1. The summed E-state index contributed by atoms with van der Waals surface area (Å²) in [4.78, 5) is 29.3. The predicted molar refractivity (Wildman–Crippen MR) is 100 cm³/mol. The number of amides is 1. The third-order valence-corrected chi connectivity index (χ3v) is 5.66. The maximum atomic E-state index is 13.1. The van der Waals surface area contributed by atoms with Crippen molar-refractivity contribution in [2.24, 2.45) is 5.92 Å². The van der Waals surface area contributed by atoms with E-state index >= 15 is 0 Å². The van der Waals surface area contributed by atoms with Gasteiger partial charge in [-0.15, -0.1) is 11.3 Å². The number of carbonyl (C=O) groups is 2. The summed E-state index contributed by atoms with van der Waals surface area (Å²) in [6, 6.07) is 9.12. The van der Waals surface area contributed by atoms with Gasteiger partial charge in [-0.25, -0.2) is 4.98 Å². The van der Waals surface area contributed by atoms with Crippen molar-refractivity contribution in [3.05, 3.63) is 41.0 Å². The van der Waals surface area contributed by atoms with E-state index in [0.29, 0.717) is 25.1 Å². The summed E-state index contributed by atoms with van der Waals surface area (Å²) in [5, 5.41) is 5.73. The summed E-state index contributed by atoms with van der Waals surface area (Å²) >= 11 is 1.45. The number of rotatable bonds is 5. The van der Waals surface area contributed by atoms with E-state index in [-0.39, 0.29) is 18.2 Å². The van der Waals surface area contributed by atoms with Crippen molar-refractivity contribution in [1.29, 1.82) is 0 Å². The predicted octanol–water partition coefficient (Wildman–Crippen LogP) is 3.35. The minimum absolute atomic E-state index is 0.100. The largest absolute Gasteiger partial charge is 0.471 e. The first-order chi connectivity index (χ1) is 13.3. The van der Waals surface area contributed by atoms with Gasteiger partial charge in [-0.05, 0) is 31.9 Å². The van der Waals surface area contributed by atoms with Gasteiger partial charge in [0, 0.05) is 18.5 Å². The fraction of sp³-hybridized carbons (Fsp3) is 0.421. The number of alkyl halides is 3. The monoisotopic (exact) mass is 411 g/mol. The van der Waals surface area contributed by atoms with E-state index in [9.17, 15) is 22.8 Å². The lowest BCUT2D eigenvalue weighted by atomic mass is 9.87. The molecule has 0 bridgehead atoms. The third kappa shape index (κ3) is 4.77. The summed E-state index contributed by atoms with van der Waals surface area (Å²) in [6.07, 6.45) is -3.98. The molecule has 2 unspecified atom stereocenters. The van der Waals surface area contributed by atoms with Gasteiger partial charge in [0.05, 0.1) is 9.88 Å². The van der Waals surface area contributed by atoms with Crippen molar-refractivity contribution >= 4 is 23.0 Å². The number of nitrogens with zero attached hydrogens (tertiary/aromatic N) is 1. The fourth-order valence-electron chi connectivity index (χ4n) is 3.29. The number of thiazole rings is 1. The summed E-state index contributed by atoms with van der Waals surface area (Å²) < 4.78 is 37.0. The minimum atomic E-state index is -4.91. The fourth-order valence-corrected chi connectivity index (χ4v) is 4.22. The molecular formula is C19H20F3N3O2S. The molecule has 1 aromatic heterocycles. The molecule has 0 spiro atoms. The summed E-state index contributed by atoms with van der Waals surface area (Å²) in [5.74, 6) is -2.42. The van der Waals surface area contributed by atoms with Crippen LogP contribution in [0.5, 0.6) is 0 Å². The minimum Gasteiger partial charge on any atom is -0.347 e. The van der Waals surface area contributed by atoms with E-state index in [0.717, 1.165) is 15.4 Å². The van der Waals surface area contributed by atoms with Crippen molar-refractivity contribution in [2.45, 2.75) is 32.0 Å². The molecule has 1 aliphatic heterocycles. The van der Waals surface area contributed by atoms with E-state index in [4.69, 9.17) is 0 Å². The Hall–Kier alpha value is -2.26. The zero-order valence-electron chi connectivity index (χ0n) is 15.2. The van der Waals surface area contributed by atoms with Gasteiger partial charge in [0.25, 0.3) is 0 Å². The van der Waals surface area contributed by atoms with Gasteiger partial charge in [0.1, 0.15) is 5.69 Å². The van der Waals surface area contributed by atoms with Crippen molar-refractivity contribution in [1.82, 2.24) is 15.6 Å². The number of piperidine rings is 1. The molecule has 2 N–H and O–H groups in total. The highest BCUT2D eigenvalue weighted by Crippen LogP contribution is 2.33.